The molecule has 2 aromatic rings. The van der Waals surface area contributed by atoms with E-state index >= 15 is 0 Å². The molecule has 1 fully saturated rings. The zero-order valence-corrected chi connectivity index (χ0v) is 11.1. The number of rotatable bonds is 3. The summed E-state index contributed by atoms with van der Waals surface area (Å²) in [5, 5.41) is 4.16. The Bertz CT molecular complexity index is 545. The lowest BCUT2D eigenvalue weighted by atomic mass is 10.1. The fraction of sp³-hybridized carbons (Fsp3) is 0.467. The van der Waals surface area contributed by atoms with Crippen LogP contribution in [0.5, 0.6) is 0 Å². The van der Waals surface area contributed by atoms with Crippen LogP contribution in [-0.2, 0) is 0 Å². The molecular formula is C15H18N2O. The van der Waals surface area contributed by atoms with Crippen molar-refractivity contribution in [2.45, 2.75) is 33.1 Å². The maximum absolute atomic E-state index is 5.38. The topological polar surface area (TPSA) is 38.9 Å². The zero-order chi connectivity index (χ0) is 12.8. The molecule has 3 heteroatoms. The Hall–Kier alpha value is -1.64. The second-order valence-electron chi connectivity index (χ2n) is 5.64. The van der Waals surface area contributed by atoms with Gasteiger partial charge in [0.1, 0.15) is 0 Å². The molecule has 1 aliphatic carbocycles. The fourth-order valence-corrected chi connectivity index (χ4v) is 3.08. The molecule has 2 atom stereocenters. The van der Waals surface area contributed by atoms with Gasteiger partial charge >= 0.3 is 0 Å². The van der Waals surface area contributed by atoms with Crippen molar-refractivity contribution in [2.75, 3.05) is 0 Å². The summed E-state index contributed by atoms with van der Waals surface area (Å²) in [6, 6.07) is 9.93. The zero-order valence-electron chi connectivity index (χ0n) is 11.1. The molecule has 1 heterocycles. The molecule has 0 spiro atoms. The number of nitrogens with zero attached hydrogens (tertiary/aromatic N) is 2. The number of benzene rings is 1. The van der Waals surface area contributed by atoms with Gasteiger partial charge in [0.05, 0.1) is 0 Å². The maximum Gasteiger partial charge on any atom is 0.257 e. The monoisotopic (exact) mass is 242 g/mol. The average molecular weight is 242 g/mol. The van der Waals surface area contributed by atoms with Crippen molar-refractivity contribution in [3.05, 3.63) is 36.2 Å². The third-order valence-electron chi connectivity index (χ3n) is 4.23. The molecule has 0 amide bonds. The molecule has 18 heavy (non-hydrogen) atoms. The van der Waals surface area contributed by atoms with Gasteiger partial charge in [0.2, 0.25) is 0 Å². The summed E-state index contributed by atoms with van der Waals surface area (Å²) in [4.78, 5) is 4.56. The summed E-state index contributed by atoms with van der Waals surface area (Å²) in [7, 11) is 0. The van der Waals surface area contributed by atoms with Crippen LogP contribution in [0.25, 0.3) is 11.5 Å². The first kappa shape index (κ1) is 11.5. The van der Waals surface area contributed by atoms with E-state index in [2.05, 4.69) is 30.9 Å². The van der Waals surface area contributed by atoms with Crippen molar-refractivity contribution in [1.82, 2.24) is 10.1 Å². The van der Waals surface area contributed by atoms with Crippen molar-refractivity contribution in [3.63, 3.8) is 0 Å². The van der Waals surface area contributed by atoms with Crippen LogP contribution in [0.4, 0.5) is 0 Å². The van der Waals surface area contributed by atoms with Crippen LogP contribution in [0.3, 0.4) is 0 Å². The first-order valence-corrected chi connectivity index (χ1v) is 6.53. The Morgan fingerprint density at radius 1 is 1.22 bits per heavy atom. The summed E-state index contributed by atoms with van der Waals surface area (Å²) in [5.41, 5.74) is 1.30. The Morgan fingerprint density at radius 3 is 2.56 bits per heavy atom. The summed E-state index contributed by atoms with van der Waals surface area (Å²) >= 11 is 0. The molecule has 1 saturated carbocycles. The van der Waals surface area contributed by atoms with E-state index in [1.54, 1.807) is 0 Å². The minimum atomic E-state index is 0.312. The van der Waals surface area contributed by atoms with Crippen LogP contribution >= 0.6 is 0 Å². The normalized spacial score (nSPS) is 25.1. The third-order valence-corrected chi connectivity index (χ3v) is 4.23. The van der Waals surface area contributed by atoms with Crippen molar-refractivity contribution < 1.29 is 4.52 Å². The Balaban J connectivity index is 1.88. The molecule has 3 nitrogen and oxygen atoms in total. The van der Waals surface area contributed by atoms with Crippen LogP contribution in [0.15, 0.2) is 34.9 Å². The smallest absolute Gasteiger partial charge is 0.257 e. The van der Waals surface area contributed by atoms with Crippen LogP contribution in [0.1, 0.15) is 38.9 Å². The molecule has 3 rings (SSSR count). The largest absolute Gasteiger partial charge is 0.334 e. The molecule has 0 radical (unpaired) electrons. The molecular weight excluding hydrogens is 224 g/mol. The molecule has 1 aromatic carbocycles. The highest BCUT2D eigenvalue weighted by Gasteiger charge is 2.59. The molecule has 1 aromatic heterocycles. The van der Waals surface area contributed by atoms with Gasteiger partial charge < -0.3 is 4.52 Å². The third kappa shape index (κ3) is 1.65. The quantitative estimate of drug-likeness (QED) is 0.819. The van der Waals surface area contributed by atoms with Crippen molar-refractivity contribution in [3.8, 4) is 11.5 Å². The van der Waals surface area contributed by atoms with Crippen LogP contribution in [-0.4, -0.2) is 10.1 Å². The molecule has 0 unspecified atom stereocenters. The predicted molar refractivity (Wildman–Crippen MR) is 70.0 cm³/mol. The lowest BCUT2D eigenvalue weighted by Gasteiger charge is -1.97. The average Bonchev–Trinajstić information content (AvgIpc) is 2.77. The van der Waals surface area contributed by atoms with Crippen LogP contribution in [0.2, 0.25) is 0 Å². The highest BCUT2D eigenvalue weighted by atomic mass is 16.5. The van der Waals surface area contributed by atoms with E-state index in [0.717, 1.165) is 11.4 Å². The van der Waals surface area contributed by atoms with Gasteiger partial charge in [0.15, 0.2) is 5.82 Å². The van der Waals surface area contributed by atoms with Crippen molar-refractivity contribution >= 4 is 0 Å². The van der Waals surface area contributed by atoms with Gasteiger partial charge in [-0.2, -0.15) is 4.98 Å². The van der Waals surface area contributed by atoms with Crippen molar-refractivity contribution in [1.29, 1.82) is 0 Å². The summed E-state index contributed by atoms with van der Waals surface area (Å²) in [6.07, 6.45) is 1.17. The molecule has 0 aliphatic heterocycles. The van der Waals surface area contributed by atoms with Crippen LogP contribution in [0, 0.1) is 11.3 Å². The molecule has 94 valence electrons. The van der Waals surface area contributed by atoms with E-state index in [0.29, 0.717) is 23.1 Å². The highest BCUT2D eigenvalue weighted by Crippen LogP contribution is 2.65. The number of hydrogen-bond donors (Lipinski definition) is 0. The Labute approximate surface area is 107 Å². The van der Waals surface area contributed by atoms with E-state index in [9.17, 15) is 0 Å². The fourth-order valence-electron chi connectivity index (χ4n) is 3.08. The summed E-state index contributed by atoms with van der Waals surface area (Å²) in [6.45, 7) is 6.79. The summed E-state index contributed by atoms with van der Waals surface area (Å²) in [5.74, 6) is 2.62. The minimum absolute atomic E-state index is 0.312. The second-order valence-corrected chi connectivity index (χ2v) is 5.64. The first-order chi connectivity index (χ1) is 8.64. The van der Waals surface area contributed by atoms with Gasteiger partial charge in [-0.1, -0.05) is 50.5 Å². The van der Waals surface area contributed by atoms with Gasteiger partial charge in [0, 0.05) is 11.5 Å². The Morgan fingerprint density at radius 2 is 1.94 bits per heavy atom. The molecule has 0 saturated heterocycles. The van der Waals surface area contributed by atoms with E-state index in [-0.39, 0.29) is 0 Å². The summed E-state index contributed by atoms with van der Waals surface area (Å²) < 4.78 is 5.38. The van der Waals surface area contributed by atoms with Gasteiger partial charge in [-0.15, -0.1) is 0 Å². The first-order valence-electron chi connectivity index (χ1n) is 6.53. The van der Waals surface area contributed by atoms with E-state index in [4.69, 9.17) is 4.52 Å². The predicted octanol–water partition coefficient (Wildman–Crippen LogP) is 3.89. The van der Waals surface area contributed by atoms with Gasteiger partial charge in [-0.05, 0) is 23.5 Å². The molecule has 0 bridgehead atoms. The molecule has 0 N–H and O–H groups in total. The second kappa shape index (κ2) is 3.94. The van der Waals surface area contributed by atoms with Gasteiger partial charge in [-0.25, -0.2) is 0 Å². The van der Waals surface area contributed by atoms with E-state index < -0.39 is 0 Å². The minimum Gasteiger partial charge on any atom is -0.334 e. The maximum atomic E-state index is 5.38. The SMILES string of the molecule is CC[C@@H]1[C@@H](c2noc(-c3ccccc3)n2)C1(C)C. The van der Waals surface area contributed by atoms with E-state index in [1.807, 2.05) is 30.3 Å². The highest BCUT2D eigenvalue weighted by molar-refractivity contribution is 5.52. The lowest BCUT2D eigenvalue weighted by Crippen LogP contribution is -1.92. The van der Waals surface area contributed by atoms with Crippen molar-refractivity contribution in [2.24, 2.45) is 11.3 Å². The van der Waals surface area contributed by atoms with E-state index in [1.165, 1.54) is 6.42 Å². The molecule has 1 aliphatic rings. The lowest BCUT2D eigenvalue weighted by molar-refractivity contribution is 0.419. The number of aromatic nitrogens is 2. The van der Waals surface area contributed by atoms with Crippen LogP contribution < -0.4 is 0 Å². The standard InChI is InChI=1S/C15H18N2O/c1-4-11-12(15(11,2)3)13-16-14(18-17-13)10-8-6-5-7-9-10/h5-9,11-12H,4H2,1-3H3/t11-,12+/m1/s1. The Kier molecular flexibility index (Phi) is 2.51. The van der Waals surface area contributed by atoms with Gasteiger partial charge in [0.25, 0.3) is 5.89 Å². The van der Waals surface area contributed by atoms with Gasteiger partial charge in [-0.3, -0.25) is 0 Å². The number of hydrogen-bond acceptors (Lipinski definition) is 3.